The van der Waals surface area contributed by atoms with Crippen LogP contribution in [0.5, 0.6) is 11.5 Å². The Balaban J connectivity index is 1.75. The lowest BCUT2D eigenvalue weighted by Gasteiger charge is -2.17. The van der Waals surface area contributed by atoms with Crippen molar-refractivity contribution < 1.29 is 14.4 Å². The Morgan fingerprint density at radius 3 is 2.38 bits per heavy atom. The van der Waals surface area contributed by atoms with E-state index in [4.69, 9.17) is 21.7 Å². The zero-order valence-electron chi connectivity index (χ0n) is 17.7. The molecular formula is C22H29N4O2S+. The van der Waals surface area contributed by atoms with Crippen molar-refractivity contribution in [1.82, 2.24) is 14.8 Å². The van der Waals surface area contributed by atoms with Crippen LogP contribution in [-0.4, -0.2) is 36.0 Å². The Morgan fingerprint density at radius 1 is 1.10 bits per heavy atom. The lowest BCUT2D eigenvalue weighted by molar-refractivity contribution is -0.917. The number of quaternary nitrogens is 1. The first-order valence-electron chi connectivity index (χ1n) is 9.74. The number of nitrogens with zero attached hydrogens (tertiary/aromatic N) is 2. The molecule has 29 heavy (non-hydrogen) atoms. The lowest BCUT2D eigenvalue weighted by atomic mass is 10.1. The molecule has 3 aromatic rings. The second kappa shape index (κ2) is 9.24. The Hall–Kier alpha value is -2.64. The molecular weight excluding hydrogens is 384 g/mol. The van der Waals surface area contributed by atoms with E-state index in [0.717, 1.165) is 35.9 Å². The molecule has 1 atom stereocenters. The summed E-state index contributed by atoms with van der Waals surface area (Å²) in [6, 6.07) is 12.5. The number of nitrogens with one attached hydrogen (secondary N) is 2. The number of benzene rings is 2. The monoisotopic (exact) mass is 413 g/mol. The summed E-state index contributed by atoms with van der Waals surface area (Å²) in [4.78, 5) is 5.81. The molecule has 0 aliphatic carbocycles. The van der Waals surface area contributed by atoms with E-state index in [-0.39, 0.29) is 0 Å². The molecule has 1 unspecified atom stereocenters. The molecule has 0 saturated carbocycles. The van der Waals surface area contributed by atoms with Gasteiger partial charge in [-0.3, -0.25) is 5.10 Å². The number of aromatic nitrogens is 3. The second-order valence-electron chi connectivity index (χ2n) is 7.26. The van der Waals surface area contributed by atoms with Crippen molar-refractivity contribution in [3.05, 3.63) is 57.9 Å². The van der Waals surface area contributed by atoms with Gasteiger partial charge in [0.1, 0.15) is 6.54 Å². The fourth-order valence-electron chi connectivity index (χ4n) is 3.36. The number of hydrogen-bond acceptors (Lipinski definition) is 4. The Kier molecular flexibility index (Phi) is 6.71. The van der Waals surface area contributed by atoms with Crippen molar-refractivity contribution in [2.45, 2.75) is 33.5 Å². The van der Waals surface area contributed by atoms with E-state index in [1.807, 2.05) is 16.8 Å². The molecule has 6 nitrogen and oxygen atoms in total. The van der Waals surface area contributed by atoms with E-state index in [9.17, 15) is 0 Å². The minimum absolute atomic E-state index is 0.558. The zero-order chi connectivity index (χ0) is 21.0. The Labute approximate surface area is 177 Å². The molecule has 1 aromatic heterocycles. The van der Waals surface area contributed by atoms with Crippen LogP contribution in [0.2, 0.25) is 0 Å². The molecule has 0 aliphatic heterocycles. The van der Waals surface area contributed by atoms with Gasteiger partial charge >= 0.3 is 0 Å². The summed E-state index contributed by atoms with van der Waals surface area (Å²) in [7, 11) is 5.45. The van der Waals surface area contributed by atoms with Gasteiger partial charge in [-0.1, -0.05) is 31.2 Å². The van der Waals surface area contributed by atoms with Gasteiger partial charge in [0.2, 0.25) is 4.77 Å². The fraction of sp³-hybridized carbons (Fsp3) is 0.364. The fourth-order valence-corrected chi connectivity index (χ4v) is 3.56. The molecule has 0 aliphatic rings. The first-order chi connectivity index (χ1) is 13.9. The van der Waals surface area contributed by atoms with Gasteiger partial charge in [-0.2, -0.15) is 4.98 Å². The molecule has 0 fully saturated rings. The van der Waals surface area contributed by atoms with Gasteiger partial charge in [0, 0.05) is 11.1 Å². The van der Waals surface area contributed by atoms with E-state index >= 15 is 0 Å². The van der Waals surface area contributed by atoms with E-state index in [1.54, 1.807) is 14.2 Å². The molecule has 0 saturated heterocycles. The van der Waals surface area contributed by atoms with Crippen molar-refractivity contribution in [2.75, 3.05) is 21.3 Å². The van der Waals surface area contributed by atoms with Gasteiger partial charge in [0.05, 0.1) is 21.3 Å². The SMILES string of the molecule is CCc1ccc(-c2nc(=S)n(C[NH+](C)Cc3cc(OC)c(OC)cc3C)[nH]2)cc1. The first-order valence-corrected chi connectivity index (χ1v) is 10.1. The lowest BCUT2D eigenvalue weighted by Crippen LogP contribution is -3.07. The van der Waals surface area contributed by atoms with Crippen LogP contribution in [0, 0.1) is 11.7 Å². The molecule has 3 rings (SSSR count). The number of hydrogen-bond donors (Lipinski definition) is 2. The number of methoxy groups -OCH3 is 2. The predicted molar refractivity (Wildman–Crippen MR) is 117 cm³/mol. The van der Waals surface area contributed by atoms with Crippen molar-refractivity contribution in [3.8, 4) is 22.9 Å². The zero-order valence-corrected chi connectivity index (χ0v) is 18.5. The van der Waals surface area contributed by atoms with Crippen molar-refractivity contribution in [2.24, 2.45) is 0 Å². The van der Waals surface area contributed by atoms with E-state index in [0.29, 0.717) is 11.4 Å². The maximum Gasteiger partial charge on any atom is 0.221 e. The number of H-pyrrole nitrogens is 1. The van der Waals surface area contributed by atoms with Crippen LogP contribution in [0.4, 0.5) is 0 Å². The summed E-state index contributed by atoms with van der Waals surface area (Å²) in [5.41, 5.74) is 4.73. The smallest absolute Gasteiger partial charge is 0.221 e. The first kappa shape index (κ1) is 21.1. The van der Waals surface area contributed by atoms with Crippen LogP contribution < -0.4 is 14.4 Å². The minimum Gasteiger partial charge on any atom is -0.493 e. The quantitative estimate of drug-likeness (QED) is 0.557. The average molecular weight is 414 g/mol. The summed E-state index contributed by atoms with van der Waals surface area (Å²) in [5, 5.41) is 3.34. The third kappa shape index (κ3) is 4.86. The van der Waals surface area contributed by atoms with E-state index in [1.165, 1.54) is 21.6 Å². The largest absolute Gasteiger partial charge is 0.493 e. The second-order valence-corrected chi connectivity index (χ2v) is 7.62. The highest BCUT2D eigenvalue weighted by molar-refractivity contribution is 7.71. The van der Waals surface area contributed by atoms with Crippen molar-refractivity contribution >= 4 is 12.2 Å². The Bertz CT molecular complexity index is 1020. The molecule has 0 spiro atoms. The van der Waals surface area contributed by atoms with Gasteiger partial charge in [-0.15, -0.1) is 0 Å². The van der Waals surface area contributed by atoms with Gasteiger partial charge in [0.15, 0.2) is 24.0 Å². The average Bonchev–Trinajstić information content (AvgIpc) is 3.09. The number of aromatic amines is 1. The molecule has 7 heteroatoms. The third-order valence-electron chi connectivity index (χ3n) is 5.08. The maximum atomic E-state index is 5.47. The Morgan fingerprint density at radius 2 is 1.76 bits per heavy atom. The van der Waals surface area contributed by atoms with Gasteiger partial charge in [-0.05, 0) is 48.8 Å². The van der Waals surface area contributed by atoms with Crippen LogP contribution in [0.3, 0.4) is 0 Å². The highest BCUT2D eigenvalue weighted by Gasteiger charge is 2.14. The van der Waals surface area contributed by atoms with Gasteiger partial charge in [0.25, 0.3) is 0 Å². The van der Waals surface area contributed by atoms with Crippen molar-refractivity contribution in [1.29, 1.82) is 0 Å². The van der Waals surface area contributed by atoms with Crippen LogP contribution >= 0.6 is 12.2 Å². The third-order valence-corrected chi connectivity index (χ3v) is 5.39. The molecule has 0 radical (unpaired) electrons. The van der Waals surface area contributed by atoms with Crippen LogP contribution in [-0.2, 0) is 19.6 Å². The highest BCUT2D eigenvalue weighted by Crippen LogP contribution is 2.29. The van der Waals surface area contributed by atoms with E-state index < -0.39 is 0 Å². The summed E-state index contributed by atoms with van der Waals surface area (Å²) in [5.74, 6) is 2.30. The van der Waals surface area contributed by atoms with Gasteiger partial charge < -0.3 is 14.4 Å². The number of rotatable bonds is 8. The molecule has 0 bridgehead atoms. The van der Waals surface area contributed by atoms with Crippen molar-refractivity contribution in [3.63, 3.8) is 0 Å². The summed E-state index contributed by atoms with van der Waals surface area (Å²) in [6.07, 6.45) is 1.02. The van der Waals surface area contributed by atoms with Crippen LogP contribution in [0.15, 0.2) is 36.4 Å². The maximum absolute atomic E-state index is 5.47. The summed E-state index contributed by atoms with van der Waals surface area (Å²) >= 11 is 5.47. The molecule has 2 aromatic carbocycles. The predicted octanol–water partition coefficient (Wildman–Crippen LogP) is 3.17. The van der Waals surface area contributed by atoms with Crippen LogP contribution in [0.25, 0.3) is 11.4 Å². The molecule has 0 amide bonds. The molecule has 1 heterocycles. The number of ether oxygens (including phenoxy) is 2. The number of aryl methyl sites for hydroxylation is 2. The highest BCUT2D eigenvalue weighted by atomic mass is 32.1. The standard InChI is InChI=1S/C22H28N4O2S/c1-6-16-7-9-17(10-8-16)21-23-22(29)26(24-21)14-25(3)13-18-12-20(28-5)19(27-4)11-15(18)2/h7-12H,6,13-14H2,1-5H3,(H,23,24,29)/p+1. The summed E-state index contributed by atoms with van der Waals surface area (Å²) < 4.78 is 13.3. The van der Waals surface area contributed by atoms with Gasteiger partial charge in [-0.25, -0.2) is 4.68 Å². The minimum atomic E-state index is 0.558. The van der Waals surface area contributed by atoms with Crippen LogP contribution in [0.1, 0.15) is 23.6 Å². The molecule has 154 valence electrons. The normalized spacial score (nSPS) is 12.0. The topological polar surface area (TPSA) is 56.5 Å². The molecule has 2 N–H and O–H groups in total. The van der Waals surface area contributed by atoms with E-state index in [2.05, 4.69) is 55.2 Å². The summed E-state index contributed by atoms with van der Waals surface area (Å²) in [6.45, 7) is 5.75.